The number of ether oxygens (including phenoxy) is 2. The molecule has 0 aliphatic carbocycles. The van der Waals surface area contributed by atoms with E-state index in [2.05, 4.69) is 16.7 Å². The molecule has 0 spiro atoms. The predicted molar refractivity (Wildman–Crippen MR) is 123 cm³/mol. The Balaban J connectivity index is 1.72. The highest BCUT2D eigenvalue weighted by Crippen LogP contribution is 2.31. The standard InChI is InChI=1S/C23H20Cl2N4O2/c1-4-30-15(3)16-9-27-29(12-16)21-8-14(2)28-23-17(21)6-5-7-22(23)31-13-18-19(24)10-26-11-20(18)25/h5-12H,3-4,13H2,1-2H3. The number of rotatable bonds is 7. The van der Waals surface area contributed by atoms with Crippen molar-refractivity contribution in [2.45, 2.75) is 20.5 Å². The van der Waals surface area contributed by atoms with Gasteiger partial charge in [-0.3, -0.25) is 4.98 Å². The van der Waals surface area contributed by atoms with Gasteiger partial charge in [0.25, 0.3) is 0 Å². The minimum absolute atomic E-state index is 0.199. The Morgan fingerprint density at radius 3 is 2.68 bits per heavy atom. The molecule has 0 radical (unpaired) electrons. The van der Waals surface area contributed by atoms with Gasteiger partial charge in [0.1, 0.15) is 23.6 Å². The van der Waals surface area contributed by atoms with Gasteiger partial charge >= 0.3 is 0 Å². The van der Waals surface area contributed by atoms with Crippen molar-refractivity contribution >= 4 is 39.9 Å². The fourth-order valence-electron chi connectivity index (χ4n) is 3.22. The van der Waals surface area contributed by atoms with Crippen LogP contribution in [0.3, 0.4) is 0 Å². The summed E-state index contributed by atoms with van der Waals surface area (Å²) in [5.74, 6) is 1.21. The second-order valence-electron chi connectivity index (χ2n) is 6.84. The number of hydrogen-bond acceptors (Lipinski definition) is 5. The summed E-state index contributed by atoms with van der Waals surface area (Å²) in [4.78, 5) is 8.68. The highest BCUT2D eigenvalue weighted by atomic mass is 35.5. The lowest BCUT2D eigenvalue weighted by molar-refractivity contribution is 0.299. The van der Waals surface area contributed by atoms with Gasteiger partial charge in [-0.15, -0.1) is 0 Å². The molecule has 0 unspecified atom stereocenters. The molecule has 0 saturated carbocycles. The van der Waals surface area contributed by atoms with Crippen molar-refractivity contribution in [2.24, 2.45) is 0 Å². The predicted octanol–water partition coefficient (Wildman–Crippen LogP) is 6.02. The van der Waals surface area contributed by atoms with E-state index in [-0.39, 0.29) is 6.61 Å². The smallest absolute Gasteiger partial charge is 0.146 e. The van der Waals surface area contributed by atoms with Crippen LogP contribution < -0.4 is 4.74 Å². The Hall–Kier alpha value is -3.09. The third kappa shape index (κ3) is 4.36. The third-order valence-corrected chi connectivity index (χ3v) is 5.35. The minimum atomic E-state index is 0.199. The van der Waals surface area contributed by atoms with Gasteiger partial charge < -0.3 is 9.47 Å². The third-order valence-electron chi connectivity index (χ3n) is 4.70. The molecule has 0 amide bonds. The average molecular weight is 455 g/mol. The first-order valence-electron chi connectivity index (χ1n) is 9.66. The van der Waals surface area contributed by atoms with Gasteiger partial charge in [0, 0.05) is 35.2 Å². The van der Waals surface area contributed by atoms with E-state index in [1.54, 1.807) is 23.3 Å². The molecule has 0 aliphatic rings. The summed E-state index contributed by atoms with van der Waals surface area (Å²) < 4.78 is 13.3. The van der Waals surface area contributed by atoms with Crippen molar-refractivity contribution in [3.8, 4) is 11.4 Å². The van der Waals surface area contributed by atoms with Crippen LogP contribution in [0.1, 0.15) is 23.7 Å². The number of halogens is 2. The van der Waals surface area contributed by atoms with Crippen LogP contribution in [0, 0.1) is 6.92 Å². The highest BCUT2D eigenvalue weighted by Gasteiger charge is 2.14. The van der Waals surface area contributed by atoms with E-state index in [4.69, 9.17) is 37.7 Å². The van der Waals surface area contributed by atoms with E-state index in [0.717, 1.165) is 27.8 Å². The van der Waals surface area contributed by atoms with Crippen LogP contribution in [-0.2, 0) is 11.3 Å². The Morgan fingerprint density at radius 1 is 1.16 bits per heavy atom. The van der Waals surface area contributed by atoms with Crippen LogP contribution in [0.15, 0.2) is 55.6 Å². The Labute approximate surface area is 190 Å². The normalized spacial score (nSPS) is 11.0. The molecular weight excluding hydrogens is 435 g/mol. The molecule has 6 nitrogen and oxygen atoms in total. The maximum Gasteiger partial charge on any atom is 0.146 e. The van der Waals surface area contributed by atoms with Gasteiger partial charge in [-0.2, -0.15) is 5.10 Å². The van der Waals surface area contributed by atoms with Crippen LogP contribution >= 0.6 is 23.2 Å². The van der Waals surface area contributed by atoms with Gasteiger partial charge in [0.15, 0.2) is 0 Å². The van der Waals surface area contributed by atoms with Crippen molar-refractivity contribution in [1.29, 1.82) is 0 Å². The molecule has 8 heteroatoms. The second kappa shape index (κ2) is 8.96. The summed E-state index contributed by atoms with van der Waals surface area (Å²) in [5.41, 5.74) is 3.93. The summed E-state index contributed by atoms with van der Waals surface area (Å²) >= 11 is 12.4. The number of pyridine rings is 2. The van der Waals surface area contributed by atoms with Gasteiger partial charge in [0.2, 0.25) is 0 Å². The summed E-state index contributed by atoms with van der Waals surface area (Å²) in [7, 11) is 0. The van der Waals surface area contributed by atoms with Crippen molar-refractivity contribution < 1.29 is 9.47 Å². The topological polar surface area (TPSA) is 62.1 Å². The second-order valence-corrected chi connectivity index (χ2v) is 7.65. The van der Waals surface area contributed by atoms with E-state index >= 15 is 0 Å². The fraction of sp³-hybridized carbons (Fsp3) is 0.174. The molecule has 4 aromatic rings. The van der Waals surface area contributed by atoms with E-state index in [9.17, 15) is 0 Å². The quantitative estimate of drug-likeness (QED) is 0.319. The van der Waals surface area contributed by atoms with E-state index < -0.39 is 0 Å². The van der Waals surface area contributed by atoms with Crippen molar-refractivity contribution in [3.63, 3.8) is 0 Å². The van der Waals surface area contributed by atoms with Gasteiger partial charge in [-0.05, 0) is 26.0 Å². The number of nitrogens with zero attached hydrogens (tertiary/aromatic N) is 4. The van der Waals surface area contributed by atoms with Gasteiger partial charge in [0.05, 0.1) is 34.1 Å². The zero-order chi connectivity index (χ0) is 22.0. The molecule has 31 heavy (non-hydrogen) atoms. The largest absolute Gasteiger partial charge is 0.494 e. The molecule has 0 saturated heterocycles. The number of hydrogen-bond donors (Lipinski definition) is 0. The SMILES string of the molecule is C=C(OCC)c1cnn(-c2cc(C)nc3c(OCc4c(Cl)cncc4Cl)cccc23)c1. The number of benzene rings is 1. The molecule has 0 N–H and O–H groups in total. The molecule has 3 heterocycles. The molecule has 3 aromatic heterocycles. The van der Waals surface area contributed by atoms with Gasteiger partial charge in [-0.1, -0.05) is 41.9 Å². The molecule has 0 fully saturated rings. The Morgan fingerprint density at radius 2 is 1.94 bits per heavy atom. The fourth-order valence-corrected chi connectivity index (χ4v) is 3.69. The summed E-state index contributed by atoms with van der Waals surface area (Å²) in [6.07, 6.45) is 6.70. The van der Waals surface area contributed by atoms with Crippen molar-refractivity contribution in [2.75, 3.05) is 6.61 Å². The zero-order valence-corrected chi connectivity index (χ0v) is 18.6. The van der Waals surface area contributed by atoms with Crippen LogP contribution in [0.4, 0.5) is 0 Å². The lowest BCUT2D eigenvalue weighted by Gasteiger charge is -2.13. The average Bonchev–Trinajstić information content (AvgIpc) is 3.23. The zero-order valence-electron chi connectivity index (χ0n) is 17.1. The first-order valence-corrected chi connectivity index (χ1v) is 10.4. The lowest BCUT2D eigenvalue weighted by Crippen LogP contribution is -2.02. The van der Waals surface area contributed by atoms with E-state index in [0.29, 0.717) is 33.7 Å². The maximum atomic E-state index is 6.22. The number of aryl methyl sites for hydroxylation is 1. The van der Waals surface area contributed by atoms with Crippen molar-refractivity contribution in [3.05, 3.63) is 82.5 Å². The van der Waals surface area contributed by atoms with Crippen molar-refractivity contribution in [1.82, 2.24) is 19.7 Å². The van der Waals surface area contributed by atoms with E-state index in [1.165, 1.54) is 0 Å². The highest BCUT2D eigenvalue weighted by molar-refractivity contribution is 6.35. The molecule has 1 aromatic carbocycles. The molecule has 0 aliphatic heterocycles. The summed E-state index contributed by atoms with van der Waals surface area (Å²) in [5, 5.41) is 6.30. The Bertz CT molecular complexity index is 1250. The number of para-hydroxylation sites is 1. The van der Waals surface area contributed by atoms with Gasteiger partial charge in [-0.25, -0.2) is 9.67 Å². The van der Waals surface area contributed by atoms with Crippen LogP contribution in [0.2, 0.25) is 10.0 Å². The molecule has 4 rings (SSSR count). The first kappa shape index (κ1) is 21.2. The molecule has 0 bridgehead atoms. The summed E-state index contributed by atoms with van der Waals surface area (Å²) in [6.45, 7) is 8.55. The van der Waals surface area contributed by atoms with Crippen LogP contribution in [0.5, 0.6) is 5.75 Å². The maximum absolute atomic E-state index is 6.22. The molecule has 0 atom stereocenters. The molecular formula is C23H20Cl2N4O2. The van der Waals surface area contributed by atoms with Crippen LogP contribution in [0.25, 0.3) is 22.3 Å². The number of fused-ring (bicyclic) bond motifs is 1. The minimum Gasteiger partial charge on any atom is -0.494 e. The Kier molecular flexibility index (Phi) is 6.11. The monoisotopic (exact) mass is 454 g/mol. The van der Waals surface area contributed by atoms with E-state index in [1.807, 2.05) is 44.3 Å². The van der Waals surface area contributed by atoms with Crippen LogP contribution in [-0.4, -0.2) is 26.4 Å². The lowest BCUT2D eigenvalue weighted by atomic mass is 10.1. The first-order chi connectivity index (χ1) is 15.0. The molecule has 158 valence electrons. The number of aromatic nitrogens is 4. The summed E-state index contributed by atoms with van der Waals surface area (Å²) in [6, 6.07) is 7.74.